The van der Waals surface area contributed by atoms with Crippen LogP contribution in [0.1, 0.15) is 15.9 Å². The van der Waals surface area contributed by atoms with Gasteiger partial charge in [-0.15, -0.1) is 0 Å². The molecule has 7 nitrogen and oxygen atoms in total. The number of anilines is 2. The van der Waals surface area contributed by atoms with Crippen LogP contribution in [0.25, 0.3) is 0 Å². The molecule has 0 atom stereocenters. The van der Waals surface area contributed by atoms with Crippen LogP contribution in [-0.4, -0.2) is 28.5 Å². The molecule has 0 saturated heterocycles. The summed E-state index contributed by atoms with van der Waals surface area (Å²) in [6.07, 6.45) is 0. The number of rotatable bonds is 6. The number of nitrogens with zero attached hydrogens (tertiary/aromatic N) is 2. The zero-order chi connectivity index (χ0) is 21.7. The van der Waals surface area contributed by atoms with Crippen molar-refractivity contribution in [3.8, 4) is 11.8 Å². The summed E-state index contributed by atoms with van der Waals surface area (Å²) in [5.41, 5.74) is 1.33. The Morgan fingerprint density at radius 1 is 1.03 bits per heavy atom. The Hall–Kier alpha value is -3.83. The molecule has 0 spiro atoms. The Balaban J connectivity index is 1.90. The molecule has 0 aliphatic rings. The highest BCUT2D eigenvalue weighted by atomic mass is 32.2. The standard InChI is InChI=1S/C22H19N3O4S/c1-25(18-8-4-3-5-9-18)30(27,28)19-10-6-7-17(14-19)22(26)24-20-13-16(15-23)11-12-21(20)29-2/h3-14H,1-2H3,(H,24,26). The van der Waals surface area contributed by atoms with E-state index in [4.69, 9.17) is 10.00 Å². The summed E-state index contributed by atoms with van der Waals surface area (Å²) in [7, 11) is -0.957. The molecule has 1 amide bonds. The molecular formula is C22H19N3O4S. The highest BCUT2D eigenvalue weighted by Gasteiger charge is 2.22. The monoisotopic (exact) mass is 421 g/mol. The van der Waals surface area contributed by atoms with Crippen molar-refractivity contribution >= 4 is 27.3 Å². The second-order valence-corrected chi connectivity index (χ2v) is 8.29. The summed E-state index contributed by atoms with van der Waals surface area (Å²) in [5, 5.41) is 11.7. The van der Waals surface area contributed by atoms with E-state index in [1.54, 1.807) is 42.5 Å². The number of carbonyl (C=O) groups is 1. The van der Waals surface area contributed by atoms with E-state index in [1.165, 1.54) is 44.5 Å². The van der Waals surface area contributed by atoms with Crippen molar-refractivity contribution in [2.75, 3.05) is 23.8 Å². The molecule has 0 aliphatic heterocycles. The number of para-hydroxylation sites is 1. The first-order valence-corrected chi connectivity index (χ1v) is 10.3. The Morgan fingerprint density at radius 3 is 2.43 bits per heavy atom. The van der Waals surface area contributed by atoms with Gasteiger partial charge < -0.3 is 10.1 Å². The maximum Gasteiger partial charge on any atom is 0.264 e. The van der Waals surface area contributed by atoms with Gasteiger partial charge in [-0.2, -0.15) is 5.26 Å². The van der Waals surface area contributed by atoms with Gasteiger partial charge in [0.25, 0.3) is 15.9 Å². The molecular weight excluding hydrogens is 402 g/mol. The molecule has 0 bridgehead atoms. The minimum Gasteiger partial charge on any atom is -0.495 e. The number of benzene rings is 3. The van der Waals surface area contributed by atoms with Crippen LogP contribution in [0, 0.1) is 11.3 Å². The summed E-state index contributed by atoms with van der Waals surface area (Å²) in [4.78, 5) is 12.7. The van der Waals surface area contributed by atoms with Gasteiger partial charge in [-0.25, -0.2) is 8.42 Å². The molecule has 1 N–H and O–H groups in total. The SMILES string of the molecule is COc1ccc(C#N)cc1NC(=O)c1cccc(S(=O)(=O)N(C)c2ccccc2)c1. The first-order chi connectivity index (χ1) is 14.4. The fraction of sp³-hybridized carbons (Fsp3) is 0.0909. The minimum atomic E-state index is -3.86. The van der Waals surface area contributed by atoms with Crippen LogP contribution in [0.5, 0.6) is 5.75 Å². The van der Waals surface area contributed by atoms with Crippen molar-refractivity contribution in [3.63, 3.8) is 0 Å². The zero-order valence-corrected chi connectivity index (χ0v) is 17.2. The van der Waals surface area contributed by atoms with Crippen molar-refractivity contribution in [2.24, 2.45) is 0 Å². The van der Waals surface area contributed by atoms with Gasteiger partial charge in [0, 0.05) is 12.6 Å². The smallest absolute Gasteiger partial charge is 0.264 e. The fourth-order valence-electron chi connectivity index (χ4n) is 2.80. The van der Waals surface area contributed by atoms with E-state index in [9.17, 15) is 13.2 Å². The molecule has 152 valence electrons. The highest BCUT2D eigenvalue weighted by Crippen LogP contribution is 2.27. The predicted molar refractivity (Wildman–Crippen MR) is 114 cm³/mol. The predicted octanol–water partition coefficient (Wildman–Crippen LogP) is 3.64. The molecule has 30 heavy (non-hydrogen) atoms. The summed E-state index contributed by atoms with van der Waals surface area (Å²) >= 11 is 0. The number of methoxy groups -OCH3 is 1. The number of ether oxygens (including phenoxy) is 1. The Kier molecular flexibility index (Phi) is 6.04. The first-order valence-electron chi connectivity index (χ1n) is 8.90. The third-order valence-corrected chi connectivity index (χ3v) is 6.23. The number of nitriles is 1. The summed E-state index contributed by atoms with van der Waals surface area (Å²) in [5.74, 6) is -0.141. The van der Waals surface area contributed by atoms with E-state index in [2.05, 4.69) is 5.32 Å². The number of hydrogen-bond acceptors (Lipinski definition) is 5. The highest BCUT2D eigenvalue weighted by molar-refractivity contribution is 7.92. The number of carbonyl (C=O) groups excluding carboxylic acids is 1. The van der Waals surface area contributed by atoms with E-state index in [0.29, 0.717) is 22.7 Å². The molecule has 0 aromatic heterocycles. The lowest BCUT2D eigenvalue weighted by Gasteiger charge is -2.19. The van der Waals surface area contributed by atoms with Crippen LogP contribution in [-0.2, 0) is 10.0 Å². The normalized spacial score (nSPS) is 10.7. The minimum absolute atomic E-state index is 0.0146. The lowest BCUT2D eigenvalue weighted by Crippen LogP contribution is -2.26. The van der Waals surface area contributed by atoms with Gasteiger partial charge in [-0.1, -0.05) is 24.3 Å². The molecule has 3 aromatic carbocycles. The van der Waals surface area contributed by atoms with Gasteiger partial charge in [0.05, 0.1) is 35.0 Å². The second kappa shape index (κ2) is 8.68. The van der Waals surface area contributed by atoms with Crippen molar-refractivity contribution in [1.29, 1.82) is 5.26 Å². The number of amides is 1. The topological polar surface area (TPSA) is 99.5 Å². The average Bonchev–Trinajstić information content (AvgIpc) is 2.79. The average molecular weight is 421 g/mol. The van der Waals surface area contributed by atoms with Crippen LogP contribution in [0.4, 0.5) is 11.4 Å². The maximum atomic E-state index is 13.0. The van der Waals surface area contributed by atoms with Crippen molar-refractivity contribution < 1.29 is 17.9 Å². The van der Waals surface area contributed by atoms with E-state index in [1.807, 2.05) is 6.07 Å². The van der Waals surface area contributed by atoms with E-state index < -0.39 is 15.9 Å². The van der Waals surface area contributed by atoms with Crippen LogP contribution < -0.4 is 14.4 Å². The summed E-state index contributed by atoms with van der Waals surface area (Å²) < 4.78 is 32.3. The zero-order valence-electron chi connectivity index (χ0n) is 16.4. The Labute approximate surface area is 175 Å². The van der Waals surface area contributed by atoms with Gasteiger partial charge in [-0.3, -0.25) is 9.10 Å². The van der Waals surface area contributed by atoms with Crippen LogP contribution in [0.15, 0.2) is 77.7 Å². The van der Waals surface area contributed by atoms with Crippen molar-refractivity contribution in [2.45, 2.75) is 4.90 Å². The van der Waals surface area contributed by atoms with Gasteiger partial charge in [0.15, 0.2) is 0 Å². The van der Waals surface area contributed by atoms with Crippen molar-refractivity contribution in [3.05, 3.63) is 83.9 Å². The number of nitrogens with one attached hydrogen (secondary N) is 1. The van der Waals surface area contributed by atoms with E-state index in [-0.39, 0.29) is 10.5 Å². The number of hydrogen-bond donors (Lipinski definition) is 1. The molecule has 0 aliphatic carbocycles. The van der Waals surface area contributed by atoms with Gasteiger partial charge in [-0.05, 0) is 48.5 Å². The lowest BCUT2D eigenvalue weighted by molar-refractivity contribution is 0.102. The second-order valence-electron chi connectivity index (χ2n) is 6.32. The summed E-state index contributed by atoms with van der Waals surface area (Å²) in [6.45, 7) is 0. The Bertz CT molecular complexity index is 1220. The molecule has 0 radical (unpaired) electrons. The van der Waals surface area contributed by atoms with Gasteiger partial charge >= 0.3 is 0 Å². The molecule has 0 saturated carbocycles. The van der Waals surface area contributed by atoms with E-state index >= 15 is 0 Å². The Morgan fingerprint density at radius 2 is 1.77 bits per heavy atom. The van der Waals surface area contributed by atoms with Crippen LogP contribution in [0.2, 0.25) is 0 Å². The molecule has 0 heterocycles. The van der Waals surface area contributed by atoms with Crippen molar-refractivity contribution in [1.82, 2.24) is 0 Å². The molecule has 3 aromatic rings. The van der Waals surface area contributed by atoms with Gasteiger partial charge in [0.1, 0.15) is 5.75 Å². The fourth-order valence-corrected chi connectivity index (χ4v) is 4.04. The lowest BCUT2D eigenvalue weighted by atomic mass is 10.1. The third-order valence-electron chi connectivity index (χ3n) is 4.45. The van der Waals surface area contributed by atoms with Gasteiger partial charge in [0.2, 0.25) is 0 Å². The third kappa shape index (κ3) is 4.26. The largest absolute Gasteiger partial charge is 0.495 e. The summed E-state index contributed by atoms with van der Waals surface area (Å²) in [6, 6.07) is 21.0. The quantitative estimate of drug-likeness (QED) is 0.655. The molecule has 0 fully saturated rings. The molecule has 8 heteroatoms. The first kappa shape index (κ1) is 20.9. The molecule has 3 rings (SSSR count). The number of sulfonamides is 1. The van der Waals surface area contributed by atoms with E-state index in [0.717, 1.165) is 4.31 Å². The van der Waals surface area contributed by atoms with Crippen LogP contribution >= 0.6 is 0 Å². The maximum absolute atomic E-state index is 13.0. The molecule has 0 unspecified atom stereocenters. The van der Waals surface area contributed by atoms with Crippen LogP contribution in [0.3, 0.4) is 0 Å².